The minimum absolute atomic E-state index is 0.249. The van der Waals surface area contributed by atoms with E-state index in [0.29, 0.717) is 5.69 Å². The predicted molar refractivity (Wildman–Crippen MR) is 46.4 cm³/mol. The first-order valence-corrected chi connectivity index (χ1v) is 3.67. The van der Waals surface area contributed by atoms with Crippen LogP contribution in [-0.4, -0.2) is 6.29 Å². The Hall–Kier alpha value is -1.55. The van der Waals surface area contributed by atoms with Gasteiger partial charge in [0.15, 0.2) is 0 Å². The highest BCUT2D eigenvalue weighted by atomic mass is 16.1. The second-order valence-corrected chi connectivity index (χ2v) is 2.73. The number of carbonyl (C=O) groups is 1. The molecule has 4 heteroatoms. The van der Waals surface area contributed by atoms with Gasteiger partial charge in [-0.25, -0.2) is 5.43 Å². The zero-order valence-electron chi connectivity index (χ0n) is 6.37. The Balaban J connectivity index is 2.47. The van der Waals surface area contributed by atoms with Crippen LogP contribution in [0.2, 0.25) is 0 Å². The number of nitrogen functional groups attached to an aromatic ring is 1. The molecule has 0 aliphatic carbocycles. The fourth-order valence-electron chi connectivity index (χ4n) is 1.29. The molecule has 0 aromatic heterocycles. The maximum absolute atomic E-state index is 10.5. The number of hydrazine groups is 1. The number of hydrogen-bond donors (Lipinski definition) is 3. The lowest BCUT2D eigenvalue weighted by atomic mass is 10.1. The first-order valence-electron chi connectivity index (χ1n) is 3.67. The van der Waals surface area contributed by atoms with Crippen molar-refractivity contribution in [1.82, 2.24) is 5.43 Å². The van der Waals surface area contributed by atoms with Crippen LogP contribution < -0.4 is 16.6 Å². The molecule has 0 saturated carbocycles. The third-order valence-corrected chi connectivity index (χ3v) is 1.91. The van der Waals surface area contributed by atoms with Gasteiger partial charge in [0.25, 0.3) is 0 Å². The van der Waals surface area contributed by atoms with Gasteiger partial charge in [-0.15, -0.1) is 0 Å². The van der Waals surface area contributed by atoms with Crippen LogP contribution in [0, 0.1) is 0 Å². The monoisotopic (exact) mass is 163 g/mol. The second-order valence-electron chi connectivity index (χ2n) is 2.73. The number of hydrogen-bond acceptors (Lipinski definition) is 4. The molecule has 4 nitrogen and oxygen atoms in total. The third-order valence-electron chi connectivity index (χ3n) is 1.91. The average Bonchev–Trinajstić information content (AvgIpc) is 2.46. The molecule has 1 atom stereocenters. The molecule has 0 amide bonds. The summed E-state index contributed by atoms with van der Waals surface area (Å²) < 4.78 is 0. The summed E-state index contributed by atoms with van der Waals surface area (Å²) in [6.07, 6.45) is 0.856. The second kappa shape index (κ2) is 2.49. The van der Waals surface area contributed by atoms with Gasteiger partial charge < -0.3 is 16.0 Å². The maximum atomic E-state index is 10.5. The molecule has 62 valence electrons. The lowest BCUT2D eigenvalue weighted by molar-refractivity contribution is -0.109. The molecule has 4 N–H and O–H groups in total. The minimum atomic E-state index is -0.249. The van der Waals surface area contributed by atoms with Gasteiger partial charge in [0.05, 0.1) is 5.69 Å². The van der Waals surface area contributed by atoms with Gasteiger partial charge in [-0.05, 0) is 12.1 Å². The van der Waals surface area contributed by atoms with Gasteiger partial charge in [-0.2, -0.15) is 0 Å². The van der Waals surface area contributed by atoms with Gasteiger partial charge in [0.1, 0.15) is 12.3 Å². The van der Waals surface area contributed by atoms with Crippen molar-refractivity contribution in [2.24, 2.45) is 0 Å². The van der Waals surface area contributed by atoms with E-state index in [9.17, 15) is 4.79 Å². The molecule has 0 saturated heterocycles. The smallest absolute Gasteiger partial charge is 0.143 e. The SMILES string of the molecule is Nc1ccc2c(c1)NNC2C=O. The van der Waals surface area contributed by atoms with Crippen LogP contribution in [-0.2, 0) is 4.79 Å². The topological polar surface area (TPSA) is 67.2 Å². The Morgan fingerprint density at radius 1 is 1.50 bits per heavy atom. The zero-order valence-corrected chi connectivity index (χ0v) is 6.37. The number of benzene rings is 1. The molecule has 1 aliphatic heterocycles. The number of fused-ring (bicyclic) bond motifs is 1. The highest BCUT2D eigenvalue weighted by Crippen LogP contribution is 2.28. The summed E-state index contributed by atoms with van der Waals surface area (Å²) in [5, 5.41) is 0. The van der Waals surface area contributed by atoms with Crippen molar-refractivity contribution < 1.29 is 4.79 Å². The highest BCUT2D eigenvalue weighted by Gasteiger charge is 2.20. The van der Waals surface area contributed by atoms with Crippen molar-refractivity contribution >= 4 is 17.7 Å². The van der Waals surface area contributed by atoms with Crippen molar-refractivity contribution in [3.63, 3.8) is 0 Å². The van der Waals surface area contributed by atoms with E-state index in [4.69, 9.17) is 5.73 Å². The van der Waals surface area contributed by atoms with E-state index in [1.165, 1.54) is 0 Å². The van der Waals surface area contributed by atoms with Crippen molar-refractivity contribution in [2.75, 3.05) is 11.2 Å². The summed E-state index contributed by atoms with van der Waals surface area (Å²) in [4.78, 5) is 10.5. The van der Waals surface area contributed by atoms with E-state index < -0.39 is 0 Å². The molecule has 1 aromatic carbocycles. The zero-order chi connectivity index (χ0) is 8.55. The standard InChI is InChI=1S/C8H9N3O/c9-5-1-2-6-7(3-5)10-11-8(6)4-12/h1-4,8,10-11H,9H2. The molecule has 1 heterocycles. The van der Waals surface area contributed by atoms with Crippen LogP contribution in [0.15, 0.2) is 18.2 Å². The summed E-state index contributed by atoms with van der Waals surface area (Å²) in [6.45, 7) is 0. The van der Waals surface area contributed by atoms with E-state index in [1.54, 1.807) is 12.1 Å². The van der Waals surface area contributed by atoms with E-state index >= 15 is 0 Å². The van der Waals surface area contributed by atoms with E-state index in [0.717, 1.165) is 17.5 Å². The largest absolute Gasteiger partial charge is 0.399 e. The van der Waals surface area contributed by atoms with Crippen molar-refractivity contribution in [2.45, 2.75) is 6.04 Å². The van der Waals surface area contributed by atoms with Gasteiger partial charge in [-0.1, -0.05) is 6.07 Å². The predicted octanol–water partition coefficient (Wildman–Crippen LogP) is 0.439. The molecule has 2 rings (SSSR count). The molecule has 0 fully saturated rings. The fourth-order valence-corrected chi connectivity index (χ4v) is 1.29. The number of aldehydes is 1. The normalized spacial score (nSPS) is 19.8. The van der Waals surface area contributed by atoms with Gasteiger partial charge in [0, 0.05) is 11.3 Å². The maximum Gasteiger partial charge on any atom is 0.143 e. The highest BCUT2D eigenvalue weighted by molar-refractivity contribution is 5.73. The Morgan fingerprint density at radius 3 is 3.08 bits per heavy atom. The van der Waals surface area contributed by atoms with E-state index in [1.807, 2.05) is 6.07 Å². The Kier molecular flexibility index (Phi) is 1.48. The van der Waals surface area contributed by atoms with Gasteiger partial charge in [0.2, 0.25) is 0 Å². The van der Waals surface area contributed by atoms with Gasteiger partial charge >= 0.3 is 0 Å². The molecule has 1 unspecified atom stereocenters. The number of anilines is 2. The summed E-state index contributed by atoms with van der Waals surface area (Å²) >= 11 is 0. The number of nitrogens with one attached hydrogen (secondary N) is 2. The molecule has 0 bridgehead atoms. The van der Waals surface area contributed by atoms with E-state index in [-0.39, 0.29) is 6.04 Å². The van der Waals surface area contributed by atoms with E-state index in [2.05, 4.69) is 10.9 Å². The molecule has 0 spiro atoms. The molecule has 12 heavy (non-hydrogen) atoms. The summed E-state index contributed by atoms with van der Waals surface area (Å²) in [6, 6.07) is 5.17. The van der Waals surface area contributed by atoms with Crippen LogP contribution in [0.25, 0.3) is 0 Å². The summed E-state index contributed by atoms with van der Waals surface area (Å²) in [7, 11) is 0. The fraction of sp³-hybridized carbons (Fsp3) is 0.125. The van der Waals surface area contributed by atoms with Crippen molar-refractivity contribution in [3.05, 3.63) is 23.8 Å². The third kappa shape index (κ3) is 0.931. The Bertz CT molecular complexity index is 324. The lowest BCUT2D eigenvalue weighted by Gasteiger charge is -1.99. The number of rotatable bonds is 1. The summed E-state index contributed by atoms with van der Waals surface area (Å²) in [5.74, 6) is 0. The van der Waals surface area contributed by atoms with Crippen molar-refractivity contribution in [3.8, 4) is 0 Å². The Labute approximate surface area is 69.7 Å². The van der Waals surface area contributed by atoms with Crippen LogP contribution in [0.5, 0.6) is 0 Å². The molecule has 1 aromatic rings. The molecular formula is C8H9N3O. The van der Waals surface area contributed by atoms with Crippen LogP contribution >= 0.6 is 0 Å². The summed E-state index contributed by atoms with van der Waals surface area (Å²) in [5.41, 5.74) is 13.8. The first-order chi connectivity index (χ1) is 5.81. The number of nitrogens with two attached hydrogens (primary N) is 1. The first kappa shape index (κ1) is 7.12. The van der Waals surface area contributed by atoms with Crippen molar-refractivity contribution in [1.29, 1.82) is 0 Å². The molecule has 1 aliphatic rings. The molecular weight excluding hydrogens is 154 g/mol. The van der Waals surface area contributed by atoms with Crippen LogP contribution in [0.3, 0.4) is 0 Å². The van der Waals surface area contributed by atoms with Crippen LogP contribution in [0.4, 0.5) is 11.4 Å². The average molecular weight is 163 g/mol. The van der Waals surface area contributed by atoms with Gasteiger partial charge in [-0.3, -0.25) is 0 Å². The lowest BCUT2D eigenvalue weighted by Crippen LogP contribution is -2.19. The minimum Gasteiger partial charge on any atom is -0.399 e. The number of carbonyl (C=O) groups excluding carboxylic acids is 1. The van der Waals surface area contributed by atoms with Crippen LogP contribution in [0.1, 0.15) is 11.6 Å². The quantitative estimate of drug-likeness (QED) is 0.415. The Morgan fingerprint density at radius 2 is 2.33 bits per heavy atom. The molecule has 0 radical (unpaired) electrons.